The maximum atomic E-state index is 11.6. The highest BCUT2D eigenvalue weighted by Crippen LogP contribution is 2.08. The third kappa shape index (κ3) is 6.92. The predicted molar refractivity (Wildman–Crippen MR) is 102 cm³/mol. The number of ether oxygens (including phenoxy) is 2. The van der Waals surface area contributed by atoms with Gasteiger partial charge in [0, 0.05) is 23.5 Å². The van der Waals surface area contributed by atoms with Gasteiger partial charge in [0.15, 0.2) is 0 Å². The molecule has 6 nitrogen and oxygen atoms in total. The fourth-order valence-electron chi connectivity index (χ4n) is 1.92. The van der Waals surface area contributed by atoms with E-state index in [2.05, 4.69) is 0 Å². The molecule has 2 aromatic carbocycles. The molecule has 2 rings (SSSR count). The summed E-state index contributed by atoms with van der Waals surface area (Å²) in [6.45, 7) is -0.0429. The number of nitrogen functional groups attached to an aromatic ring is 2. The van der Waals surface area contributed by atoms with Gasteiger partial charge in [0.2, 0.25) is 0 Å². The van der Waals surface area contributed by atoms with Gasteiger partial charge in [-0.1, -0.05) is 24.3 Å². The van der Waals surface area contributed by atoms with Gasteiger partial charge in [-0.2, -0.15) is 0 Å². The van der Waals surface area contributed by atoms with Gasteiger partial charge in [-0.05, 0) is 47.5 Å². The maximum Gasteiger partial charge on any atom is 0.330 e. The van der Waals surface area contributed by atoms with Crippen LogP contribution in [0.4, 0.5) is 11.4 Å². The first-order valence-electron chi connectivity index (χ1n) is 7.94. The van der Waals surface area contributed by atoms with E-state index in [1.54, 1.807) is 60.7 Å². The zero-order valence-electron chi connectivity index (χ0n) is 14.1. The van der Waals surface area contributed by atoms with Gasteiger partial charge < -0.3 is 20.9 Å². The average Bonchev–Trinajstić information content (AvgIpc) is 2.64. The highest BCUT2D eigenvalue weighted by Gasteiger charge is 2.00. The molecule has 0 atom stereocenters. The summed E-state index contributed by atoms with van der Waals surface area (Å²) in [6.07, 6.45) is 5.83. The summed E-state index contributed by atoms with van der Waals surface area (Å²) in [7, 11) is 0. The predicted octanol–water partition coefficient (Wildman–Crippen LogP) is 2.66. The number of benzene rings is 2. The second-order valence-corrected chi connectivity index (χ2v) is 5.33. The fraction of sp³-hybridized carbons (Fsp3) is 0.100. The Morgan fingerprint density at radius 3 is 1.38 bits per heavy atom. The number of hydrogen-bond donors (Lipinski definition) is 2. The van der Waals surface area contributed by atoms with Crippen LogP contribution < -0.4 is 11.5 Å². The topological polar surface area (TPSA) is 105 Å². The summed E-state index contributed by atoms with van der Waals surface area (Å²) >= 11 is 0. The van der Waals surface area contributed by atoms with Crippen LogP contribution >= 0.6 is 0 Å². The van der Waals surface area contributed by atoms with E-state index in [1.807, 2.05) is 0 Å². The van der Waals surface area contributed by atoms with Crippen LogP contribution in [0.3, 0.4) is 0 Å². The summed E-state index contributed by atoms with van der Waals surface area (Å²) in [6, 6.07) is 14.1. The Hall–Kier alpha value is -3.54. The van der Waals surface area contributed by atoms with E-state index in [0.29, 0.717) is 11.4 Å². The Bertz CT molecular complexity index is 724. The number of esters is 2. The molecule has 4 N–H and O–H groups in total. The first-order chi connectivity index (χ1) is 12.5. The van der Waals surface area contributed by atoms with Crippen LogP contribution in [0.25, 0.3) is 12.2 Å². The normalized spacial score (nSPS) is 10.9. The monoisotopic (exact) mass is 352 g/mol. The van der Waals surface area contributed by atoms with Crippen molar-refractivity contribution in [1.29, 1.82) is 0 Å². The Morgan fingerprint density at radius 2 is 1.04 bits per heavy atom. The molecular formula is C20H20N2O4. The second-order valence-electron chi connectivity index (χ2n) is 5.33. The lowest BCUT2D eigenvalue weighted by Gasteiger charge is -2.03. The van der Waals surface area contributed by atoms with Crippen molar-refractivity contribution in [3.63, 3.8) is 0 Å². The molecule has 0 amide bonds. The van der Waals surface area contributed by atoms with Crippen molar-refractivity contribution in [3.8, 4) is 0 Å². The summed E-state index contributed by atoms with van der Waals surface area (Å²) in [5.74, 6) is -1.04. The molecule has 0 bridgehead atoms. The van der Waals surface area contributed by atoms with Gasteiger partial charge >= 0.3 is 11.9 Å². The molecule has 2 aromatic rings. The maximum absolute atomic E-state index is 11.6. The molecule has 0 saturated carbocycles. The van der Waals surface area contributed by atoms with E-state index in [0.717, 1.165) is 11.1 Å². The molecule has 0 aromatic heterocycles. The minimum absolute atomic E-state index is 0.0215. The quantitative estimate of drug-likeness (QED) is 0.343. The number of hydrogen-bond acceptors (Lipinski definition) is 6. The van der Waals surface area contributed by atoms with Crippen LogP contribution in [0.2, 0.25) is 0 Å². The lowest BCUT2D eigenvalue weighted by molar-refractivity contribution is -0.145. The van der Waals surface area contributed by atoms with Crippen molar-refractivity contribution in [1.82, 2.24) is 0 Å². The van der Waals surface area contributed by atoms with E-state index >= 15 is 0 Å². The summed E-state index contributed by atoms with van der Waals surface area (Å²) < 4.78 is 9.90. The Balaban J connectivity index is 1.66. The molecule has 0 radical (unpaired) electrons. The SMILES string of the molecule is Nc1ccc(/C=C/C(=O)OCCOC(=O)/C=C/c2ccc(N)cc2)cc1. The van der Waals surface area contributed by atoms with Crippen molar-refractivity contribution in [2.45, 2.75) is 0 Å². The number of anilines is 2. The molecule has 134 valence electrons. The average molecular weight is 352 g/mol. The van der Waals surface area contributed by atoms with Gasteiger partial charge in [-0.25, -0.2) is 9.59 Å². The standard InChI is InChI=1S/C20H20N2O4/c21-17-7-1-15(2-8-17)5-11-19(23)25-13-14-26-20(24)12-6-16-3-9-18(22)10-4-16/h1-12H,13-14,21-22H2/b11-5+,12-6+. The van der Waals surface area contributed by atoms with E-state index in [9.17, 15) is 9.59 Å². The number of carbonyl (C=O) groups is 2. The van der Waals surface area contributed by atoms with Crippen LogP contribution in [-0.2, 0) is 19.1 Å². The van der Waals surface area contributed by atoms with Gasteiger partial charge in [-0.15, -0.1) is 0 Å². The highest BCUT2D eigenvalue weighted by molar-refractivity contribution is 5.88. The van der Waals surface area contributed by atoms with Crippen molar-refractivity contribution < 1.29 is 19.1 Å². The number of carbonyl (C=O) groups excluding carboxylic acids is 2. The van der Waals surface area contributed by atoms with Crippen molar-refractivity contribution >= 4 is 35.5 Å². The molecule has 0 aliphatic carbocycles. The van der Waals surface area contributed by atoms with Gasteiger partial charge in [0.1, 0.15) is 13.2 Å². The third-order valence-corrected chi connectivity index (χ3v) is 3.27. The molecule has 0 saturated heterocycles. The molecule has 6 heteroatoms. The number of nitrogens with two attached hydrogens (primary N) is 2. The minimum atomic E-state index is -0.518. The van der Waals surface area contributed by atoms with E-state index < -0.39 is 11.9 Å². The molecule has 0 aliphatic heterocycles. The summed E-state index contributed by atoms with van der Waals surface area (Å²) in [4.78, 5) is 23.1. The third-order valence-electron chi connectivity index (χ3n) is 3.27. The van der Waals surface area contributed by atoms with Gasteiger partial charge in [0.05, 0.1) is 0 Å². The largest absolute Gasteiger partial charge is 0.459 e. The van der Waals surface area contributed by atoms with Crippen LogP contribution in [0.1, 0.15) is 11.1 Å². The lowest BCUT2D eigenvalue weighted by atomic mass is 10.2. The molecule has 0 spiro atoms. The van der Waals surface area contributed by atoms with Crippen LogP contribution in [0.5, 0.6) is 0 Å². The Labute approximate surface area is 151 Å². The van der Waals surface area contributed by atoms with E-state index in [1.165, 1.54) is 12.2 Å². The summed E-state index contributed by atoms with van der Waals surface area (Å²) in [5, 5.41) is 0. The first-order valence-corrected chi connectivity index (χ1v) is 7.94. The van der Waals surface area contributed by atoms with E-state index in [-0.39, 0.29) is 13.2 Å². The highest BCUT2D eigenvalue weighted by atomic mass is 16.6. The number of rotatable bonds is 7. The lowest BCUT2D eigenvalue weighted by Crippen LogP contribution is -2.11. The molecule has 0 fully saturated rings. The van der Waals surface area contributed by atoms with Crippen LogP contribution in [-0.4, -0.2) is 25.2 Å². The molecule has 0 heterocycles. The van der Waals surface area contributed by atoms with Crippen LogP contribution in [0, 0.1) is 0 Å². The molecular weight excluding hydrogens is 332 g/mol. The van der Waals surface area contributed by atoms with Crippen molar-refractivity contribution in [3.05, 3.63) is 71.8 Å². The van der Waals surface area contributed by atoms with Crippen molar-refractivity contribution in [2.75, 3.05) is 24.7 Å². The zero-order chi connectivity index (χ0) is 18.8. The van der Waals surface area contributed by atoms with Gasteiger partial charge in [-0.3, -0.25) is 0 Å². The van der Waals surface area contributed by atoms with Crippen LogP contribution in [0.15, 0.2) is 60.7 Å². The smallest absolute Gasteiger partial charge is 0.330 e. The zero-order valence-corrected chi connectivity index (χ0v) is 14.1. The fourth-order valence-corrected chi connectivity index (χ4v) is 1.92. The Morgan fingerprint density at radius 1 is 0.692 bits per heavy atom. The van der Waals surface area contributed by atoms with E-state index in [4.69, 9.17) is 20.9 Å². The molecule has 26 heavy (non-hydrogen) atoms. The molecule has 0 aliphatic rings. The van der Waals surface area contributed by atoms with Crippen molar-refractivity contribution in [2.24, 2.45) is 0 Å². The molecule has 0 unspecified atom stereocenters. The Kier molecular flexibility index (Phi) is 7.00. The first kappa shape index (κ1) is 18.8. The summed E-state index contributed by atoms with van der Waals surface area (Å²) in [5.41, 5.74) is 14.1. The van der Waals surface area contributed by atoms with Gasteiger partial charge in [0.25, 0.3) is 0 Å². The minimum Gasteiger partial charge on any atom is -0.459 e. The second kappa shape index (κ2) is 9.68.